The Morgan fingerprint density at radius 1 is 1.33 bits per heavy atom. The molecule has 1 aromatic heterocycles. The van der Waals surface area contributed by atoms with E-state index in [1.807, 2.05) is 0 Å². The predicted molar refractivity (Wildman–Crippen MR) is 92.0 cm³/mol. The molecule has 0 amide bonds. The van der Waals surface area contributed by atoms with Gasteiger partial charge in [0.2, 0.25) is 0 Å². The van der Waals surface area contributed by atoms with Crippen molar-refractivity contribution in [1.29, 1.82) is 0 Å². The second-order valence-corrected chi connectivity index (χ2v) is 8.84. The van der Waals surface area contributed by atoms with Crippen LogP contribution in [0.25, 0.3) is 5.69 Å². The molecule has 1 N–H and O–H groups in total. The van der Waals surface area contributed by atoms with Crippen molar-refractivity contribution in [2.45, 2.75) is 31.3 Å². The summed E-state index contributed by atoms with van der Waals surface area (Å²) in [4.78, 5) is 12.5. The van der Waals surface area contributed by atoms with Gasteiger partial charge in [-0.1, -0.05) is 0 Å². The fourth-order valence-corrected chi connectivity index (χ4v) is 3.90. The maximum atomic E-state index is 14.0. The van der Waals surface area contributed by atoms with E-state index < -0.39 is 44.2 Å². The highest BCUT2D eigenvalue weighted by molar-refractivity contribution is 7.74. The number of halogens is 5. The van der Waals surface area contributed by atoms with E-state index in [0.29, 0.717) is 0 Å². The van der Waals surface area contributed by atoms with Crippen molar-refractivity contribution >= 4 is 13.4 Å². The van der Waals surface area contributed by atoms with Crippen molar-refractivity contribution < 1.29 is 31.9 Å². The SMILES string of the molecule is CP(C)C(=O)c1cn(-c2ccc(F)c(C(F)F)c2)c2c1[C@H](O)C(F)(F)CC2. The van der Waals surface area contributed by atoms with E-state index in [2.05, 4.69) is 0 Å². The normalized spacial score (nSPS) is 18.8. The van der Waals surface area contributed by atoms with Crippen LogP contribution in [-0.4, -0.2) is 34.5 Å². The van der Waals surface area contributed by atoms with E-state index in [-0.39, 0.29) is 34.5 Å². The summed E-state index contributed by atoms with van der Waals surface area (Å²) >= 11 is 0. The van der Waals surface area contributed by atoms with Crippen LogP contribution >= 0.6 is 7.92 Å². The molecule has 0 saturated carbocycles. The third-order valence-corrected chi connectivity index (χ3v) is 5.70. The first-order chi connectivity index (χ1) is 12.5. The van der Waals surface area contributed by atoms with Gasteiger partial charge < -0.3 is 9.67 Å². The lowest BCUT2D eigenvalue weighted by atomic mass is 9.89. The van der Waals surface area contributed by atoms with Gasteiger partial charge in [0, 0.05) is 35.1 Å². The van der Waals surface area contributed by atoms with Gasteiger partial charge in [0.1, 0.15) is 11.9 Å². The largest absolute Gasteiger partial charge is 0.382 e. The summed E-state index contributed by atoms with van der Waals surface area (Å²) in [6, 6.07) is 3.02. The van der Waals surface area contributed by atoms with E-state index in [1.165, 1.54) is 16.8 Å². The molecular weight excluding hydrogens is 388 g/mol. The van der Waals surface area contributed by atoms with E-state index in [0.717, 1.165) is 12.1 Å². The molecule has 1 atom stereocenters. The predicted octanol–water partition coefficient (Wildman–Crippen LogP) is 5.05. The smallest absolute Gasteiger partial charge is 0.278 e. The number of carbonyl (C=O) groups is 1. The summed E-state index contributed by atoms with van der Waals surface area (Å²) < 4.78 is 69.1. The minimum absolute atomic E-state index is 0.0455. The standard InChI is InChI=1S/C18H17F5NO2P/c1-27(2)17(26)11-8-24(9-3-4-12(19)10(7-9)16(20)21)13-5-6-18(22,23)15(25)14(11)13/h3-4,7-8,15-16,25H,5-6H2,1-2H3/t15-/m0/s1. The van der Waals surface area contributed by atoms with Crippen molar-refractivity contribution in [1.82, 2.24) is 4.57 Å². The van der Waals surface area contributed by atoms with Crippen molar-refractivity contribution in [2.75, 3.05) is 13.3 Å². The highest BCUT2D eigenvalue weighted by atomic mass is 31.1. The minimum Gasteiger partial charge on any atom is -0.382 e. The maximum absolute atomic E-state index is 14.0. The van der Waals surface area contributed by atoms with Crippen LogP contribution in [0, 0.1) is 5.82 Å². The van der Waals surface area contributed by atoms with Crippen LogP contribution in [0.5, 0.6) is 0 Å². The lowest BCUT2D eigenvalue weighted by Crippen LogP contribution is -2.32. The van der Waals surface area contributed by atoms with Gasteiger partial charge in [0.05, 0.1) is 5.56 Å². The molecule has 0 fully saturated rings. The average molecular weight is 405 g/mol. The van der Waals surface area contributed by atoms with Gasteiger partial charge in [-0.25, -0.2) is 22.0 Å². The first-order valence-electron chi connectivity index (χ1n) is 8.14. The number of rotatable bonds is 4. The fourth-order valence-electron chi connectivity index (χ4n) is 3.24. The highest BCUT2D eigenvalue weighted by Crippen LogP contribution is 2.46. The Balaban J connectivity index is 2.23. The number of aliphatic hydroxyl groups is 1. The highest BCUT2D eigenvalue weighted by Gasteiger charge is 2.47. The Labute approximate surface area is 153 Å². The molecule has 146 valence electrons. The van der Waals surface area contributed by atoms with Crippen molar-refractivity contribution in [3.8, 4) is 5.69 Å². The zero-order chi connectivity index (χ0) is 20.1. The number of carbonyl (C=O) groups excluding carboxylic acids is 1. The number of hydrogen-bond acceptors (Lipinski definition) is 2. The summed E-state index contributed by atoms with van der Waals surface area (Å²) in [6.45, 7) is 3.31. The molecule has 1 aromatic carbocycles. The molecule has 1 aliphatic rings. The second-order valence-electron chi connectivity index (χ2n) is 6.64. The molecule has 0 radical (unpaired) electrons. The van der Waals surface area contributed by atoms with E-state index in [9.17, 15) is 31.9 Å². The molecule has 0 bridgehead atoms. The van der Waals surface area contributed by atoms with Gasteiger partial charge in [-0.15, -0.1) is 0 Å². The van der Waals surface area contributed by atoms with E-state index in [4.69, 9.17) is 0 Å². The van der Waals surface area contributed by atoms with Gasteiger partial charge in [0.15, 0.2) is 5.52 Å². The van der Waals surface area contributed by atoms with Gasteiger partial charge in [-0.05, 0) is 45.9 Å². The third kappa shape index (κ3) is 3.41. The van der Waals surface area contributed by atoms with Crippen LogP contribution in [0.3, 0.4) is 0 Å². The Bertz CT molecular complexity index is 894. The Kier molecular flexibility index (Phi) is 5.16. The van der Waals surface area contributed by atoms with Crippen LogP contribution in [0.15, 0.2) is 24.4 Å². The quantitative estimate of drug-likeness (QED) is 0.571. The molecule has 3 rings (SSSR count). The average Bonchev–Trinajstić information content (AvgIpc) is 2.97. The Hall–Kier alpha value is -1.79. The van der Waals surface area contributed by atoms with E-state index in [1.54, 1.807) is 13.3 Å². The number of benzene rings is 1. The number of fused-ring (bicyclic) bond motifs is 1. The molecule has 3 nitrogen and oxygen atoms in total. The molecule has 2 aromatic rings. The molecular formula is C18H17F5NO2P. The Morgan fingerprint density at radius 2 is 2.00 bits per heavy atom. The van der Waals surface area contributed by atoms with Crippen LogP contribution in [0.2, 0.25) is 0 Å². The number of nitrogens with zero attached hydrogens (tertiary/aromatic N) is 1. The molecule has 1 heterocycles. The van der Waals surface area contributed by atoms with Crippen LogP contribution in [0.4, 0.5) is 22.0 Å². The summed E-state index contributed by atoms with van der Waals surface area (Å²) in [5, 5.41) is 10.2. The summed E-state index contributed by atoms with van der Waals surface area (Å²) in [7, 11) is -1.17. The lowest BCUT2D eigenvalue weighted by molar-refractivity contribution is -0.122. The summed E-state index contributed by atoms with van der Waals surface area (Å²) in [6.07, 6.45) is -4.73. The molecule has 0 spiro atoms. The van der Waals surface area contributed by atoms with Gasteiger partial charge in [0.25, 0.3) is 12.3 Å². The van der Waals surface area contributed by atoms with Crippen molar-refractivity contribution in [3.63, 3.8) is 0 Å². The zero-order valence-electron chi connectivity index (χ0n) is 14.5. The second kappa shape index (κ2) is 6.99. The van der Waals surface area contributed by atoms with Gasteiger partial charge in [-0.2, -0.15) is 0 Å². The molecule has 27 heavy (non-hydrogen) atoms. The van der Waals surface area contributed by atoms with Crippen molar-refractivity contribution in [2.24, 2.45) is 0 Å². The number of aliphatic hydroxyl groups excluding tert-OH is 1. The fraction of sp³-hybridized carbons (Fsp3) is 0.389. The number of hydrogen-bond donors (Lipinski definition) is 1. The van der Waals surface area contributed by atoms with E-state index >= 15 is 0 Å². The summed E-state index contributed by atoms with van der Waals surface area (Å²) in [5.41, 5.74) is -1.05. The molecule has 0 unspecified atom stereocenters. The molecule has 0 saturated heterocycles. The van der Waals surface area contributed by atoms with Crippen LogP contribution < -0.4 is 0 Å². The van der Waals surface area contributed by atoms with Crippen LogP contribution in [0.1, 0.15) is 46.1 Å². The van der Waals surface area contributed by atoms with Crippen LogP contribution in [-0.2, 0) is 6.42 Å². The van der Waals surface area contributed by atoms with Gasteiger partial charge in [-0.3, -0.25) is 4.79 Å². The zero-order valence-corrected chi connectivity index (χ0v) is 15.4. The molecule has 1 aliphatic carbocycles. The first kappa shape index (κ1) is 20.0. The third-order valence-electron chi connectivity index (χ3n) is 4.65. The maximum Gasteiger partial charge on any atom is 0.278 e. The van der Waals surface area contributed by atoms with Gasteiger partial charge >= 0.3 is 0 Å². The topological polar surface area (TPSA) is 42.2 Å². The first-order valence-corrected chi connectivity index (χ1v) is 10.4. The lowest BCUT2D eigenvalue weighted by Gasteiger charge is -2.29. The monoisotopic (exact) mass is 405 g/mol. The molecule has 0 aliphatic heterocycles. The molecule has 9 heteroatoms. The summed E-state index contributed by atoms with van der Waals surface area (Å²) in [5.74, 6) is -4.47. The number of alkyl halides is 4. The van der Waals surface area contributed by atoms with Crippen molar-refractivity contribution in [3.05, 3.63) is 52.6 Å². The Morgan fingerprint density at radius 3 is 2.59 bits per heavy atom. The minimum atomic E-state index is -3.39. The number of aromatic nitrogens is 1.